The Morgan fingerprint density at radius 1 is 1.40 bits per heavy atom. The molecule has 0 spiro atoms. The molecule has 1 aliphatic carbocycles. The number of rotatable bonds is 3. The predicted octanol–water partition coefficient (Wildman–Crippen LogP) is 3.97. The van der Waals surface area contributed by atoms with Gasteiger partial charge in [0, 0.05) is 5.54 Å². The van der Waals surface area contributed by atoms with Crippen LogP contribution in [0.25, 0.3) is 0 Å². The summed E-state index contributed by atoms with van der Waals surface area (Å²) in [5.41, 5.74) is 7.29. The van der Waals surface area contributed by atoms with Crippen molar-refractivity contribution in [3.8, 4) is 0 Å². The van der Waals surface area contributed by atoms with Crippen LogP contribution in [0.1, 0.15) is 31.7 Å². The van der Waals surface area contributed by atoms with E-state index in [2.05, 4.69) is 6.92 Å². The van der Waals surface area contributed by atoms with Gasteiger partial charge in [-0.2, -0.15) is 0 Å². The molecule has 2 N–H and O–H groups in total. The fourth-order valence-corrected chi connectivity index (χ4v) is 2.49. The molecule has 1 aromatic rings. The molecule has 2 atom stereocenters. The minimum Gasteiger partial charge on any atom is -0.321 e. The molecule has 3 heteroatoms. The van der Waals surface area contributed by atoms with Gasteiger partial charge in [-0.05, 0) is 36.5 Å². The molecule has 1 saturated carbocycles. The highest BCUT2D eigenvalue weighted by molar-refractivity contribution is 6.42. The number of hydrogen-bond acceptors (Lipinski definition) is 1. The van der Waals surface area contributed by atoms with Gasteiger partial charge in [-0.25, -0.2) is 0 Å². The van der Waals surface area contributed by atoms with Gasteiger partial charge in [0.15, 0.2) is 0 Å². The third kappa shape index (κ3) is 2.01. The van der Waals surface area contributed by atoms with Gasteiger partial charge >= 0.3 is 0 Å². The summed E-state index contributed by atoms with van der Waals surface area (Å²) in [5, 5.41) is 1.19. The molecule has 15 heavy (non-hydrogen) atoms. The summed E-state index contributed by atoms with van der Waals surface area (Å²) in [5.74, 6) is 0.611. The van der Waals surface area contributed by atoms with Gasteiger partial charge < -0.3 is 5.73 Å². The van der Waals surface area contributed by atoms with Gasteiger partial charge in [-0.1, -0.05) is 42.6 Å². The maximum absolute atomic E-state index is 6.32. The van der Waals surface area contributed by atoms with Gasteiger partial charge in [0.2, 0.25) is 0 Å². The average Bonchev–Trinajstić information content (AvgIpc) is 2.84. The largest absolute Gasteiger partial charge is 0.321 e. The molecule has 1 aromatic carbocycles. The quantitative estimate of drug-likeness (QED) is 0.855. The lowest BCUT2D eigenvalue weighted by atomic mass is 10.0. The van der Waals surface area contributed by atoms with E-state index in [1.165, 1.54) is 12.8 Å². The standard InChI is InChI=1S/C12H15Cl2N/c1-2-3-9-7-12(9,15)8-4-5-10(13)11(14)6-8/h4-6,9H,2-3,7,15H2,1H3. The molecular formula is C12H15Cl2N. The topological polar surface area (TPSA) is 26.0 Å². The van der Waals surface area contributed by atoms with Crippen LogP contribution in [-0.4, -0.2) is 0 Å². The van der Waals surface area contributed by atoms with Crippen LogP contribution in [0.15, 0.2) is 18.2 Å². The molecule has 1 nitrogen and oxygen atoms in total. The second-order valence-corrected chi connectivity index (χ2v) is 5.17. The predicted molar refractivity (Wildman–Crippen MR) is 65.3 cm³/mol. The summed E-state index contributed by atoms with van der Waals surface area (Å²) in [7, 11) is 0. The zero-order valence-electron chi connectivity index (χ0n) is 8.76. The van der Waals surface area contributed by atoms with E-state index in [-0.39, 0.29) is 5.54 Å². The van der Waals surface area contributed by atoms with Crippen molar-refractivity contribution >= 4 is 23.2 Å². The maximum Gasteiger partial charge on any atom is 0.0595 e. The first kappa shape index (κ1) is 11.3. The molecular weight excluding hydrogens is 229 g/mol. The van der Waals surface area contributed by atoms with Crippen molar-refractivity contribution in [2.24, 2.45) is 11.7 Å². The first-order chi connectivity index (χ1) is 7.08. The monoisotopic (exact) mass is 243 g/mol. The third-order valence-electron chi connectivity index (χ3n) is 3.25. The minimum atomic E-state index is -0.149. The van der Waals surface area contributed by atoms with E-state index in [0.717, 1.165) is 12.0 Å². The van der Waals surface area contributed by atoms with E-state index < -0.39 is 0 Å². The number of nitrogens with two attached hydrogens (primary N) is 1. The summed E-state index contributed by atoms with van der Waals surface area (Å²) in [6.45, 7) is 2.19. The molecule has 82 valence electrons. The van der Waals surface area contributed by atoms with E-state index >= 15 is 0 Å². The summed E-state index contributed by atoms with van der Waals surface area (Å²) in [6, 6.07) is 5.72. The highest BCUT2D eigenvalue weighted by atomic mass is 35.5. The van der Waals surface area contributed by atoms with Gasteiger partial charge in [0.05, 0.1) is 10.0 Å². The zero-order valence-corrected chi connectivity index (χ0v) is 10.3. The molecule has 0 amide bonds. The maximum atomic E-state index is 6.32. The molecule has 2 unspecified atom stereocenters. The third-order valence-corrected chi connectivity index (χ3v) is 3.99. The van der Waals surface area contributed by atoms with Crippen LogP contribution in [0.5, 0.6) is 0 Å². The highest BCUT2D eigenvalue weighted by Crippen LogP contribution is 2.52. The van der Waals surface area contributed by atoms with Crippen molar-refractivity contribution in [1.29, 1.82) is 0 Å². The van der Waals surface area contributed by atoms with Crippen molar-refractivity contribution in [1.82, 2.24) is 0 Å². The van der Waals surface area contributed by atoms with Crippen LogP contribution in [0.4, 0.5) is 0 Å². The van der Waals surface area contributed by atoms with Crippen LogP contribution in [0.3, 0.4) is 0 Å². The van der Waals surface area contributed by atoms with Gasteiger partial charge in [0.1, 0.15) is 0 Å². The van der Waals surface area contributed by atoms with Crippen LogP contribution >= 0.6 is 23.2 Å². The molecule has 0 bridgehead atoms. The second-order valence-electron chi connectivity index (χ2n) is 4.36. The summed E-state index contributed by atoms with van der Waals surface area (Å²) >= 11 is 11.9. The lowest BCUT2D eigenvalue weighted by molar-refractivity contribution is 0.583. The molecule has 0 aliphatic heterocycles. The molecule has 0 saturated heterocycles. The number of hydrogen-bond donors (Lipinski definition) is 1. The Balaban J connectivity index is 2.21. The Kier molecular flexibility index (Phi) is 2.98. The van der Waals surface area contributed by atoms with Gasteiger partial charge in [0.25, 0.3) is 0 Å². The molecule has 1 aliphatic rings. The van der Waals surface area contributed by atoms with E-state index in [4.69, 9.17) is 28.9 Å². The molecule has 0 heterocycles. The zero-order chi connectivity index (χ0) is 11.1. The second kappa shape index (κ2) is 3.97. The highest BCUT2D eigenvalue weighted by Gasteiger charge is 2.51. The van der Waals surface area contributed by atoms with Crippen molar-refractivity contribution in [2.45, 2.75) is 31.7 Å². The van der Waals surface area contributed by atoms with Gasteiger partial charge in [-0.3, -0.25) is 0 Å². The fraction of sp³-hybridized carbons (Fsp3) is 0.500. The van der Waals surface area contributed by atoms with Crippen molar-refractivity contribution in [3.05, 3.63) is 33.8 Å². The molecule has 2 rings (SSSR count). The smallest absolute Gasteiger partial charge is 0.0595 e. The lowest BCUT2D eigenvalue weighted by Gasteiger charge is -2.12. The normalized spacial score (nSPS) is 29.2. The van der Waals surface area contributed by atoms with E-state index in [0.29, 0.717) is 16.0 Å². The summed E-state index contributed by atoms with van der Waals surface area (Å²) < 4.78 is 0. The Morgan fingerprint density at radius 2 is 2.13 bits per heavy atom. The Bertz CT molecular complexity index is 378. The van der Waals surface area contributed by atoms with Crippen LogP contribution in [0, 0.1) is 5.92 Å². The first-order valence-corrected chi connectivity index (χ1v) is 6.08. The van der Waals surface area contributed by atoms with Crippen molar-refractivity contribution in [2.75, 3.05) is 0 Å². The SMILES string of the molecule is CCCC1CC1(N)c1ccc(Cl)c(Cl)c1. The summed E-state index contributed by atoms with van der Waals surface area (Å²) in [4.78, 5) is 0. The van der Waals surface area contributed by atoms with E-state index in [1.54, 1.807) is 0 Å². The van der Waals surface area contributed by atoms with Crippen molar-refractivity contribution in [3.63, 3.8) is 0 Å². The molecule has 0 radical (unpaired) electrons. The molecule has 0 aromatic heterocycles. The molecule has 1 fully saturated rings. The van der Waals surface area contributed by atoms with Crippen molar-refractivity contribution < 1.29 is 0 Å². The Labute approximate surface area is 101 Å². The minimum absolute atomic E-state index is 0.149. The average molecular weight is 244 g/mol. The first-order valence-electron chi connectivity index (χ1n) is 5.32. The lowest BCUT2D eigenvalue weighted by Crippen LogP contribution is -2.22. The fourth-order valence-electron chi connectivity index (χ4n) is 2.20. The van der Waals surface area contributed by atoms with Crippen LogP contribution in [-0.2, 0) is 5.54 Å². The number of benzene rings is 1. The van der Waals surface area contributed by atoms with E-state index in [9.17, 15) is 0 Å². The van der Waals surface area contributed by atoms with E-state index in [1.807, 2.05) is 18.2 Å². The van der Waals surface area contributed by atoms with Gasteiger partial charge in [-0.15, -0.1) is 0 Å². The Morgan fingerprint density at radius 3 is 2.73 bits per heavy atom. The Hall–Kier alpha value is -0.240. The van der Waals surface area contributed by atoms with Crippen LogP contribution in [0.2, 0.25) is 10.0 Å². The number of halogens is 2. The van der Waals surface area contributed by atoms with Crippen LogP contribution < -0.4 is 5.73 Å². The summed E-state index contributed by atoms with van der Waals surface area (Å²) in [6.07, 6.45) is 3.44.